The highest BCUT2D eigenvalue weighted by molar-refractivity contribution is 7.89. The number of amides is 1. The Morgan fingerprint density at radius 2 is 1.79 bits per heavy atom. The molecule has 3 N–H and O–H groups in total. The monoisotopic (exact) mass is 350 g/mol. The van der Waals surface area contributed by atoms with Crippen molar-refractivity contribution in [3.8, 4) is 11.8 Å². The number of primary amides is 1. The minimum absolute atomic E-state index is 0.296. The molecule has 0 aliphatic heterocycles. The zero-order chi connectivity index (χ0) is 17.7. The third kappa shape index (κ3) is 4.38. The van der Waals surface area contributed by atoms with Crippen LogP contribution in [0, 0.1) is 23.5 Å². The summed E-state index contributed by atoms with van der Waals surface area (Å²) in [6.07, 6.45) is 0. The van der Waals surface area contributed by atoms with Gasteiger partial charge in [-0.1, -0.05) is 11.8 Å². The minimum Gasteiger partial charge on any atom is -0.366 e. The predicted octanol–water partition coefficient (Wildman–Crippen LogP) is 1.39. The molecule has 0 fully saturated rings. The van der Waals surface area contributed by atoms with Crippen LogP contribution < -0.4 is 10.5 Å². The maximum Gasteiger partial charge on any atom is 0.248 e. The molecule has 2 rings (SSSR count). The van der Waals surface area contributed by atoms with Crippen molar-refractivity contribution < 1.29 is 22.0 Å². The second kappa shape index (κ2) is 7.21. The van der Waals surface area contributed by atoms with Crippen LogP contribution in [-0.2, 0) is 10.0 Å². The topological polar surface area (TPSA) is 89.3 Å². The molecular formula is C16H12F2N2O3S. The van der Waals surface area contributed by atoms with Crippen LogP contribution >= 0.6 is 0 Å². The van der Waals surface area contributed by atoms with Gasteiger partial charge in [-0.25, -0.2) is 17.2 Å². The third-order valence-corrected chi connectivity index (χ3v) is 4.35. The van der Waals surface area contributed by atoms with Crippen molar-refractivity contribution in [1.82, 2.24) is 4.72 Å². The zero-order valence-corrected chi connectivity index (χ0v) is 13.0. The summed E-state index contributed by atoms with van der Waals surface area (Å²) >= 11 is 0. The van der Waals surface area contributed by atoms with Gasteiger partial charge in [-0.05, 0) is 42.5 Å². The molecule has 0 unspecified atom stereocenters. The second-order valence-corrected chi connectivity index (χ2v) is 6.38. The highest BCUT2D eigenvalue weighted by atomic mass is 32.2. The molecule has 5 nitrogen and oxygen atoms in total. The summed E-state index contributed by atoms with van der Waals surface area (Å²) in [6, 6.07) is 8.21. The number of sulfonamides is 1. The van der Waals surface area contributed by atoms with Crippen molar-refractivity contribution in [3.05, 3.63) is 65.2 Å². The van der Waals surface area contributed by atoms with Crippen molar-refractivity contribution in [3.63, 3.8) is 0 Å². The summed E-state index contributed by atoms with van der Waals surface area (Å²) in [4.78, 5) is 10.1. The Kier molecular flexibility index (Phi) is 5.28. The number of nitrogens with two attached hydrogens (primary N) is 1. The Morgan fingerprint density at radius 1 is 1.12 bits per heavy atom. The maximum absolute atomic E-state index is 13.5. The molecule has 2 aromatic rings. The average molecular weight is 350 g/mol. The maximum atomic E-state index is 13.5. The van der Waals surface area contributed by atoms with Crippen LogP contribution in [0.2, 0.25) is 0 Å². The van der Waals surface area contributed by atoms with Gasteiger partial charge >= 0.3 is 0 Å². The van der Waals surface area contributed by atoms with E-state index in [2.05, 4.69) is 16.6 Å². The highest BCUT2D eigenvalue weighted by Gasteiger charge is 2.18. The Bertz CT molecular complexity index is 930. The van der Waals surface area contributed by atoms with Crippen LogP contribution in [0.5, 0.6) is 0 Å². The van der Waals surface area contributed by atoms with Crippen LogP contribution in [0.4, 0.5) is 8.78 Å². The first-order valence-corrected chi connectivity index (χ1v) is 8.11. The van der Waals surface area contributed by atoms with Crippen molar-refractivity contribution in [2.24, 2.45) is 5.73 Å². The Balaban J connectivity index is 2.06. The second-order valence-electron chi connectivity index (χ2n) is 4.64. The van der Waals surface area contributed by atoms with Crippen LogP contribution in [0.3, 0.4) is 0 Å². The summed E-state index contributed by atoms with van der Waals surface area (Å²) < 4.78 is 52.4. The SMILES string of the molecule is NC(=O)c1ccc(C#CCNS(=O)(=O)c2cc(F)ccc2F)cc1. The first kappa shape index (κ1) is 17.6. The van der Waals surface area contributed by atoms with Gasteiger partial charge in [0.25, 0.3) is 0 Å². The number of benzene rings is 2. The molecule has 0 spiro atoms. The average Bonchev–Trinajstić information content (AvgIpc) is 2.54. The van der Waals surface area contributed by atoms with E-state index in [-0.39, 0.29) is 6.54 Å². The normalized spacial score (nSPS) is 10.8. The van der Waals surface area contributed by atoms with Crippen molar-refractivity contribution in [2.75, 3.05) is 6.54 Å². The Labute approximate surface area is 137 Å². The van der Waals surface area contributed by atoms with Gasteiger partial charge in [0, 0.05) is 11.1 Å². The fourth-order valence-corrected chi connectivity index (χ4v) is 2.77. The van der Waals surface area contributed by atoms with Gasteiger partial charge in [0.05, 0.1) is 6.54 Å². The van der Waals surface area contributed by atoms with E-state index in [4.69, 9.17) is 5.73 Å². The van der Waals surface area contributed by atoms with Crippen LogP contribution in [0.1, 0.15) is 15.9 Å². The smallest absolute Gasteiger partial charge is 0.248 e. The number of carbonyl (C=O) groups is 1. The fraction of sp³-hybridized carbons (Fsp3) is 0.0625. The highest BCUT2D eigenvalue weighted by Crippen LogP contribution is 2.15. The molecule has 1 amide bonds. The zero-order valence-electron chi connectivity index (χ0n) is 12.2. The number of rotatable bonds is 4. The number of halogens is 2. The molecule has 2 aromatic carbocycles. The molecule has 0 aliphatic rings. The van der Waals surface area contributed by atoms with Crippen LogP contribution in [0.15, 0.2) is 47.4 Å². The fourth-order valence-electron chi connectivity index (χ4n) is 1.76. The molecule has 0 aliphatic carbocycles. The minimum atomic E-state index is -4.21. The van der Waals surface area contributed by atoms with E-state index in [9.17, 15) is 22.0 Å². The van der Waals surface area contributed by atoms with Gasteiger partial charge < -0.3 is 5.73 Å². The number of hydrogen-bond donors (Lipinski definition) is 2. The molecule has 0 aromatic heterocycles. The van der Waals surface area contributed by atoms with Crippen molar-refractivity contribution >= 4 is 15.9 Å². The largest absolute Gasteiger partial charge is 0.366 e. The van der Waals surface area contributed by atoms with E-state index in [0.717, 1.165) is 12.1 Å². The number of carbonyl (C=O) groups excluding carboxylic acids is 1. The first-order valence-electron chi connectivity index (χ1n) is 6.63. The number of nitrogens with one attached hydrogen (secondary N) is 1. The predicted molar refractivity (Wildman–Crippen MR) is 83.4 cm³/mol. The molecule has 0 saturated carbocycles. The molecule has 0 heterocycles. The molecule has 0 bridgehead atoms. The molecule has 124 valence electrons. The summed E-state index contributed by atoms with van der Waals surface area (Å²) in [5, 5.41) is 0. The van der Waals surface area contributed by atoms with Gasteiger partial charge in [-0.3, -0.25) is 4.79 Å². The molecule has 8 heteroatoms. The van der Waals surface area contributed by atoms with Gasteiger partial charge in [0.2, 0.25) is 15.9 Å². The molecule has 0 atom stereocenters. The Hall–Kier alpha value is -2.76. The van der Waals surface area contributed by atoms with E-state index in [1.54, 1.807) is 12.1 Å². The summed E-state index contributed by atoms with van der Waals surface area (Å²) in [6.45, 7) is -0.296. The van der Waals surface area contributed by atoms with Crippen molar-refractivity contribution in [1.29, 1.82) is 0 Å². The third-order valence-electron chi connectivity index (χ3n) is 2.94. The molecular weight excluding hydrogens is 338 g/mol. The molecule has 0 saturated heterocycles. The standard InChI is InChI=1S/C16H12F2N2O3S/c17-13-7-8-14(18)15(10-13)24(22,23)20-9-1-2-11-3-5-12(6-4-11)16(19)21/h3-8,10,20H,9H2,(H2,19,21). The summed E-state index contributed by atoms with van der Waals surface area (Å²) in [5.74, 6) is 2.71. The first-order chi connectivity index (χ1) is 11.3. The summed E-state index contributed by atoms with van der Waals surface area (Å²) in [5.41, 5.74) is 5.96. The van der Waals surface area contributed by atoms with E-state index in [1.807, 2.05) is 0 Å². The lowest BCUT2D eigenvalue weighted by atomic mass is 10.1. The van der Waals surface area contributed by atoms with E-state index in [0.29, 0.717) is 17.2 Å². The van der Waals surface area contributed by atoms with Crippen molar-refractivity contribution in [2.45, 2.75) is 4.90 Å². The van der Waals surface area contributed by atoms with Gasteiger partial charge in [0.1, 0.15) is 16.5 Å². The lowest BCUT2D eigenvalue weighted by Gasteiger charge is -2.05. The van der Waals surface area contributed by atoms with E-state index >= 15 is 0 Å². The lowest BCUT2D eigenvalue weighted by molar-refractivity contribution is 0.100. The van der Waals surface area contributed by atoms with Crippen LogP contribution in [-0.4, -0.2) is 20.9 Å². The van der Waals surface area contributed by atoms with Gasteiger partial charge in [-0.15, -0.1) is 0 Å². The Morgan fingerprint density at radius 3 is 2.42 bits per heavy atom. The van der Waals surface area contributed by atoms with Gasteiger partial charge in [0.15, 0.2) is 0 Å². The van der Waals surface area contributed by atoms with Crippen LogP contribution in [0.25, 0.3) is 0 Å². The van der Waals surface area contributed by atoms with Gasteiger partial charge in [-0.2, -0.15) is 4.72 Å². The molecule has 0 radical (unpaired) electrons. The molecule has 24 heavy (non-hydrogen) atoms. The van der Waals surface area contributed by atoms with E-state index < -0.39 is 32.5 Å². The summed E-state index contributed by atoms with van der Waals surface area (Å²) in [7, 11) is -4.21. The number of hydrogen-bond acceptors (Lipinski definition) is 3. The lowest BCUT2D eigenvalue weighted by Crippen LogP contribution is -2.25. The quantitative estimate of drug-likeness (QED) is 0.817. The van der Waals surface area contributed by atoms with E-state index in [1.165, 1.54) is 12.1 Å².